The van der Waals surface area contributed by atoms with Gasteiger partial charge in [0.1, 0.15) is 23.8 Å². The summed E-state index contributed by atoms with van der Waals surface area (Å²) in [4.78, 5) is 26.0. The fourth-order valence-electron chi connectivity index (χ4n) is 2.97. The van der Waals surface area contributed by atoms with Crippen molar-refractivity contribution in [3.8, 4) is 0 Å². The molecule has 23 heavy (non-hydrogen) atoms. The molecule has 0 spiro atoms. The summed E-state index contributed by atoms with van der Waals surface area (Å²) in [6, 6.07) is 12.0. The SMILES string of the molecule is COC(=O)[C@H]1[C@H](O)C(=O)N(Cc2ccccc2)[C@H]1c1ccco1. The molecule has 120 valence electrons. The van der Waals surface area contributed by atoms with Gasteiger partial charge in [-0.2, -0.15) is 0 Å². The van der Waals surface area contributed by atoms with E-state index in [9.17, 15) is 14.7 Å². The smallest absolute Gasteiger partial charge is 0.314 e. The molecule has 2 heterocycles. The Balaban J connectivity index is 1.98. The van der Waals surface area contributed by atoms with Crippen molar-refractivity contribution in [1.82, 2.24) is 4.90 Å². The summed E-state index contributed by atoms with van der Waals surface area (Å²) < 4.78 is 10.2. The number of carbonyl (C=O) groups excluding carboxylic acids is 2. The maximum atomic E-state index is 12.5. The van der Waals surface area contributed by atoms with Gasteiger partial charge in [0.05, 0.1) is 13.4 Å². The zero-order valence-corrected chi connectivity index (χ0v) is 12.6. The molecule has 1 aliphatic heterocycles. The number of ether oxygens (including phenoxy) is 1. The van der Waals surface area contributed by atoms with Gasteiger partial charge >= 0.3 is 5.97 Å². The second-order valence-electron chi connectivity index (χ2n) is 5.41. The molecule has 0 aliphatic carbocycles. The summed E-state index contributed by atoms with van der Waals surface area (Å²) in [6.45, 7) is 0.273. The Morgan fingerprint density at radius 3 is 2.61 bits per heavy atom. The number of methoxy groups -OCH3 is 1. The molecule has 1 aromatic heterocycles. The van der Waals surface area contributed by atoms with E-state index in [2.05, 4.69) is 0 Å². The van der Waals surface area contributed by atoms with Crippen LogP contribution in [0.15, 0.2) is 53.1 Å². The van der Waals surface area contributed by atoms with Crippen LogP contribution in [0.2, 0.25) is 0 Å². The second kappa shape index (κ2) is 6.26. The largest absolute Gasteiger partial charge is 0.469 e. The minimum atomic E-state index is -1.44. The van der Waals surface area contributed by atoms with Gasteiger partial charge < -0.3 is 19.2 Å². The van der Waals surface area contributed by atoms with Gasteiger partial charge in [0.25, 0.3) is 5.91 Å². The lowest BCUT2D eigenvalue weighted by atomic mass is 9.96. The van der Waals surface area contributed by atoms with E-state index >= 15 is 0 Å². The highest BCUT2D eigenvalue weighted by Gasteiger charge is 2.53. The first-order valence-electron chi connectivity index (χ1n) is 7.27. The van der Waals surface area contributed by atoms with Gasteiger partial charge in [-0.15, -0.1) is 0 Å². The van der Waals surface area contributed by atoms with Crippen LogP contribution in [0.3, 0.4) is 0 Å². The number of aliphatic hydroxyl groups is 1. The number of aliphatic hydroxyl groups excluding tert-OH is 1. The molecule has 6 nitrogen and oxygen atoms in total. The van der Waals surface area contributed by atoms with Crippen molar-refractivity contribution in [2.45, 2.75) is 18.7 Å². The predicted molar refractivity (Wildman–Crippen MR) is 80.0 cm³/mol. The second-order valence-corrected chi connectivity index (χ2v) is 5.41. The van der Waals surface area contributed by atoms with Gasteiger partial charge in [0, 0.05) is 6.54 Å². The van der Waals surface area contributed by atoms with E-state index in [-0.39, 0.29) is 6.54 Å². The summed E-state index contributed by atoms with van der Waals surface area (Å²) in [5.41, 5.74) is 0.898. The first-order valence-corrected chi connectivity index (χ1v) is 7.27. The Bertz CT molecular complexity index is 682. The van der Waals surface area contributed by atoms with Crippen LogP contribution in [-0.4, -0.2) is 35.1 Å². The molecule has 1 amide bonds. The average Bonchev–Trinajstić information content (AvgIpc) is 3.18. The molecule has 3 atom stereocenters. The number of furan rings is 1. The van der Waals surface area contributed by atoms with E-state index in [1.165, 1.54) is 18.3 Å². The molecule has 2 aromatic rings. The fourth-order valence-corrected chi connectivity index (χ4v) is 2.97. The highest BCUT2D eigenvalue weighted by molar-refractivity contribution is 5.91. The summed E-state index contributed by atoms with van der Waals surface area (Å²) in [5.74, 6) is -1.71. The van der Waals surface area contributed by atoms with Crippen molar-refractivity contribution in [2.75, 3.05) is 7.11 Å². The molecule has 6 heteroatoms. The van der Waals surface area contributed by atoms with E-state index < -0.39 is 29.9 Å². The van der Waals surface area contributed by atoms with Crippen molar-refractivity contribution >= 4 is 11.9 Å². The number of hydrogen-bond acceptors (Lipinski definition) is 5. The fraction of sp³-hybridized carbons (Fsp3) is 0.294. The molecule has 0 radical (unpaired) electrons. The molecule has 1 fully saturated rings. The Hall–Kier alpha value is -2.60. The van der Waals surface area contributed by atoms with Crippen LogP contribution in [0, 0.1) is 5.92 Å². The van der Waals surface area contributed by atoms with Crippen LogP contribution in [-0.2, 0) is 20.9 Å². The van der Waals surface area contributed by atoms with Crippen molar-refractivity contribution in [2.24, 2.45) is 5.92 Å². The number of amides is 1. The third-order valence-corrected chi connectivity index (χ3v) is 4.06. The molecule has 1 saturated heterocycles. The van der Waals surface area contributed by atoms with Gasteiger partial charge in [0.2, 0.25) is 0 Å². The number of likely N-dealkylation sites (tertiary alicyclic amines) is 1. The Morgan fingerprint density at radius 1 is 1.26 bits per heavy atom. The van der Waals surface area contributed by atoms with Crippen molar-refractivity contribution < 1.29 is 23.8 Å². The highest BCUT2D eigenvalue weighted by Crippen LogP contribution is 2.40. The number of esters is 1. The summed E-state index contributed by atoms with van der Waals surface area (Å²) in [6.07, 6.45) is 0.0285. The third kappa shape index (κ3) is 2.73. The van der Waals surface area contributed by atoms with Gasteiger partial charge in [-0.05, 0) is 17.7 Å². The van der Waals surface area contributed by atoms with Gasteiger partial charge in [0.15, 0.2) is 0 Å². The molecule has 0 bridgehead atoms. The average molecular weight is 315 g/mol. The topological polar surface area (TPSA) is 80.0 Å². The summed E-state index contributed by atoms with van der Waals surface area (Å²) in [7, 11) is 1.23. The minimum absolute atomic E-state index is 0.273. The van der Waals surface area contributed by atoms with Crippen LogP contribution in [0.1, 0.15) is 17.4 Å². The maximum Gasteiger partial charge on any atom is 0.314 e. The monoisotopic (exact) mass is 315 g/mol. The molecular weight excluding hydrogens is 298 g/mol. The van der Waals surface area contributed by atoms with E-state index in [0.717, 1.165) is 5.56 Å². The normalized spacial score (nSPS) is 24.0. The number of hydrogen-bond donors (Lipinski definition) is 1. The van der Waals surface area contributed by atoms with E-state index in [1.54, 1.807) is 12.1 Å². The third-order valence-electron chi connectivity index (χ3n) is 4.06. The van der Waals surface area contributed by atoms with Crippen molar-refractivity contribution in [1.29, 1.82) is 0 Å². The van der Waals surface area contributed by atoms with Crippen LogP contribution in [0.4, 0.5) is 0 Å². The number of nitrogens with zero attached hydrogens (tertiary/aromatic N) is 1. The van der Waals surface area contributed by atoms with Gasteiger partial charge in [-0.1, -0.05) is 30.3 Å². The number of rotatable bonds is 4. The quantitative estimate of drug-likeness (QED) is 0.865. The Morgan fingerprint density at radius 2 is 2.00 bits per heavy atom. The summed E-state index contributed by atoms with van der Waals surface area (Å²) in [5, 5.41) is 10.2. The van der Waals surface area contributed by atoms with Crippen LogP contribution >= 0.6 is 0 Å². The first kappa shape index (κ1) is 15.3. The van der Waals surface area contributed by atoms with E-state index in [1.807, 2.05) is 30.3 Å². The molecule has 1 aromatic carbocycles. The Labute approximate surface area is 133 Å². The lowest BCUT2D eigenvalue weighted by Gasteiger charge is -2.25. The number of carbonyl (C=O) groups is 2. The zero-order valence-electron chi connectivity index (χ0n) is 12.6. The predicted octanol–water partition coefficient (Wildman–Crippen LogP) is 1.51. The molecule has 1 N–H and O–H groups in total. The van der Waals surface area contributed by atoms with Gasteiger partial charge in [-0.3, -0.25) is 9.59 Å². The molecule has 1 aliphatic rings. The first-order chi connectivity index (χ1) is 11.1. The minimum Gasteiger partial charge on any atom is -0.469 e. The molecule has 3 rings (SSSR count). The van der Waals surface area contributed by atoms with Crippen LogP contribution in [0.5, 0.6) is 0 Å². The highest BCUT2D eigenvalue weighted by atomic mass is 16.5. The maximum absolute atomic E-state index is 12.5. The zero-order chi connectivity index (χ0) is 16.4. The van der Waals surface area contributed by atoms with E-state index in [4.69, 9.17) is 9.15 Å². The summed E-state index contributed by atoms with van der Waals surface area (Å²) >= 11 is 0. The number of benzene rings is 1. The molecule has 0 saturated carbocycles. The van der Waals surface area contributed by atoms with Crippen molar-refractivity contribution in [3.63, 3.8) is 0 Å². The van der Waals surface area contributed by atoms with E-state index in [0.29, 0.717) is 5.76 Å². The lowest BCUT2D eigenvalue weighted by molar-refractivity contribution is -0.150. The standard InChI is InChI=1S/C17H17NO5/c1-22-17(21)13-14(12-8-5-9-23-12)18(16(20)15(13)19)10-11-6-3-2-4-7-11/h2-9,13-15,19H,10H2,1H3/t13-,14+,15+/m1/s1. The van der Waals surface area contributed by atoms with Crippen LogP contribution in [0.25, 0.3) is 0 Å². The van der Waals surface area contributed by atoms with Gasteiger partial charge in [-0.25, -0.2) is 0 Å². The molecular formula is C17H17NO5. The lowest BCUT2D eigenvalue weighted by Crippen LogP contribution is -2.30. The molecule has 0 unspecified atom stereocenters. The Kier molecular flexibility index (Phi) is 4.16. The van der Waals surface area contributed by atoms with Crippen molar-refractivity contribution in [3.05, 3.63) is 60.1 Å². The van der Waals surface area contributed by atoms with Crippen LogP contribution < -0.4 is 0 Å².